The monoisotopic (exact) mass is 513 g/mol. The minimum Gasteiger partial charge on any atom is -0.395 e. The minimum absolute atomic E-state index is 0.0449. The Morgan fingerprint density at radius 3 is 2.31 bits per heavy atom. The molecule has 0 spiro atoms. The van der Waals surface area contributed by atoms with Crippen molar-refractivity contribution in [3.63, 3.8) is 0 Å². The number of likely N-dealkylation sites (tertiary alicyclic amines) is 1. The lowest BCUT2D eigenvalue weighted by Crippen LogP contribution is -2.53. The summed E-state index contributed by atoms with van der Waals surface area (Å²) < 4.78 is 11.6. The molecular weight excluding hydrogens is 462 g/mol. The Morgan fingerprint density at radius 1 is 1.17 bits per heavy atom. The third kappa shape index (κ3) is 8.99. The normalized spacial score (nSPS) is 20.4. The molecule has 0 bridgehead atoms. The van der Waals surface area contributed by atoms with Crippen LogP contribution in [0.1, 0.15) is 73.6 Å². The number of aliphatic hydroxyl groups excluding tert-OH is 1. The minimum atomic E-state index is -0.479. The molecule has 210 valence electrons. The average molecular weight is 514 g/mol. The van der Waals surface area contributed by atoms with Gasteiger partial charge in [-0.05, 0) is 24.2 Å². The molecule has 1 fully saturated rings. The van der Waals surface area contributed by atoms with Gasteiger partial charge >= 0.3 is 0 Å². The number of hydrogen-bond donors (Lipinski definition) is 2. The Balaban J connectivity index is 3.07. The molecule has 0 radical (unpaired) electrons. The number of nitrogens with zero attached hydrogens (tertiary/aromatic N) is 2. The van der Waals surface area contributed by atoms with Crippen LogP contribution in [0.25, 0.3) is 0 Å². The molecule has 9 heteroatoms. The van der Waals surface area contributed by atoms with Gasteiger partial charge in [0.15, 0.2) is 0 Å². The van der Waals surface area contributed by atoms with Crippen LogP contribution < -0.4 is 5.32 Å². The first-order valence-corrected chi connectivity index (χ1v) is 13.3. The predicted molar refractivity (Wildman–Crippen MR) is 140 cm³/mol. The van der Waals surface area contributed by atoms with E-state index in [9.17, 15) is 14.4 Å². The van der Waals surface area contributed by atoms with E-state index in [0.717, 1.165) is 19.3 Å². The van der Waals surface area contributed by atoms with E-state index in [1.165, 1.54) is 0 Å². The van der Waals surface area contributed by atoms with Gasteiger partial charge in [0, 0.05) is 40.8 Å². The highest BCUT2D eigenvalue weighted by atomic mass is 16.5. The van der Waals surface area contributed by atoms with Crippen molar-refractivity contribution in [2.45, 2.75) is 97.9 Å². The van der Waals surface area contributed by atoms with Gasteiger partial charge in [-0.2, -0.15) is 0 Å². The van der Waals surface area contributed by atoms with Crippen molar-refractivity contribution < 1.29 is 29.0 Å². The van der Waals surface area contributed by atoms with Crippen LogP contribution in [-0.4, -0.2) is 97.9 Å². The molecule has 0 aromatic carbocycles. The second kappa shape index (κ2) is 14.9. The highest BCUT2D eigenvalue weighted by molar-refractivity contribution is 5.80. The van der Waals surface area contributed by atoms with Gasteiger partial charge in [-0.3, -0.25) is 14.4 Å². The zero-order chi connectivity index (χ0) is 27.6. The third-order valence-corrected chi connectivity index (χ3v) is 7.40. The second-order valence-electron chi connectivity index (χ2n) is 11.4. The zero-order valence-corrected chi connectivity index (χ0v) is 24.0. The molecule has 6 unspecified atom stereocenters. The highest BCUT2D eigenvalue weighted by Gasteiger charge is 2.42. The molecule has 9 nitrogen and oxygen atoms in total. The van der Waals surface area contributed by atoms with E-state index in [1.807, 2.05) is 32.7 Å². The standard InChI is InChI=1S/C27H51N3O6/c1-10-18(2)24(29(7)23(33)17-27(4,5)6)21(35-8)16-22(32)30-14-11-12-20(30)25(36-9)19(3)26(34)28-13-15-31/h18-21,24-25,31H,10-17H2,1-9H3,(H,28,34). The van der Waals surface area contributed by atoms with Gasteiger partial charge in [-0.15, -0.1) is 0 Å². The van der Waals surface area contributed by atoms with Gasteiger partial charge in [0.1, 0.15) is 0 Å². The zero-order valence-electron chi connectivity index (χ0n) is 24.0. The first kappa shape index (κ1) is 32.3. The number of ether oxygens (including phenoxy) is 2. The number of carbonyl (C=O) groups excluding carboxylic acids is 3. The van der Waals surface area contributed by atoms with Crippen LogP contribution in [0.3, 0.4) is 0 Å². The molecule has 1 heterocycles. The molecule has 2 N–H and O–H groups in total. The maximum atomic E-state index is 13.6. The summed E-state index contributed by atoms with van der Waals surface area (Å²) in [4.78, 5) is 42.8. The maximum Gasteiger partial charge on any atom is 0.225 e. The van der Waals surface area contributed by atoms with Gasteiger partial charge in [0.25, 0.3) is 0 Å². The van der Waals surface area contributed by atoms with Crippen LogP contribution >= 0.6 is 0 Å². The third-order valence-electron chi connectivity index (χ3n) is 7.40. The summed E-state index contributed by atoms with van der Waals surface area (Å²) in [7, 11) is 4.98. The van der Waals surface area contributed by atoms with Crippen LogP contribution in [0.2, 0.25) is 0 Å². The molecule has 36 heavy (non-hydrogen) atoms. The van der Waals surface area contributed by atoms with Gasteiger partial charge in [-0.1, -0.05) is 48.0 Å². The molecule has 3 amide bonds. The van der Waals surface area contributed by atoms with Crippen molar-refractivity contribution in [3.8, 4) is 0 Å². The SMILES string of the molecule is CCC(C)C(C(CC(=O)N1CCCC1C(OC)C(C)C(=O)NCCO)OC)N(C)C(=O)CC(C)(C)C. The molecule has 1 saturated heterocycles. The molecule has 0 aromatic rings. The maximum absolute atomic E-state index is 13.6. The number of rotatable bonds is 14. The Labute approximate surface area is 218 Å². The van der Waals surface area contributed by atoms with Crippen LogP contribution in [0, 0.1) is 17.3 Å². The predicted octanol–water partition coefficient (Wildman–Crippen LogP) is 2.45. The number of amides is 3. The molecule has 0 saturated carbocycles. The van der Waals surface area contributed by atoms with Crippen LogP contribution in [0.15, 0.2) is 0 Å². The van der Waals surface area contributed by atoms with Crippen LogP contribution in [0.4, 0.5) is 0 Å². The summed E-state index contributed by atoms with van der Waals surface area (Å²) in [5, 5.41) is 11.7. The summed E-state index contributed by atoms with van der Waals surface area (Å²) in [6, 6.07) is -0.460. The largest absolute Gasteiger partial charge is 0.395 e. The van der Waals surface area contributed by atoms with Crippen molar-refractivity contribution in [1.82, 2.24) is 15.1 Å². The van der Waals surface area contributed by atoms with Crippen molar-refractivity contribution in [2.24, 2.45) is 17.3 Å². The molecule has 6 atom stereocenters. The van der Waals surface area contributed by atoms with E-state index >= 15 is 0 Å². The fraction of sp³-hybridized carbons (Fsp3) is 0.889. The lowest BCUT2D eigenvalue weighted by molar-refractivity contribution is -0.146. The lowest BCUT2D eigenvalue weighted by Gasteiger charge is -2.40. The van der Waals surface area contributed by atoms with Crippen LogP contribution in [0.5, 0.6) is 0 Å². The van der Waals surface area contributed by atoms with E-state index in [1.54, 1.807) is 26.0 Å². The Bertz CT molecular complexity index is 710. The summed E-state index contributed by atoms with van der Waals surface area (Å²) in [5.74, 6) is -0.552. The van der Waals surface area contributed by atoms with E-state index in [0.29, 0.717) is 13.0 Å². The summed E-state index contributed by atoms with van der Waals surface area (Å²) >= 11 is 0. The molecule has 1 aliphatic heterocycles. The van der Waals surface area contributed by atoms with Gasteiger partial charge in [0.2, 0.25) is 17.7 Å². The summed E-state index contributed by atoms with van der Waals surface area (Å²) in [5.41, 5.74) is -0.137. The summed E-state index contributed by atoms with van der Waals surface area (Å²) in [6.07, 6.45) is 2.09. The first-order chi connectivity index (χ1) is 16.8. The first-order valence-electron chi connectivity index (χ1n) is 13.3. The lowest BCUT2D eigenvalue weighted by atomic mass is 9.88. The fourth-order valence-corrected chi connectivity index (χ4v) is 5.24. The molecule has 1 aliphatic rings. The van der Waals surface area contributed by atoms with E-state index in [2.05, 4.69) is 19.2 Å². The molecule has 0 aliphatic carbocycles. The average Bonchev–Trinajstić information content (AvgIpc) is 3.30. The smallest absolute Gasteiger partial charge is 0.225 e. The van der Waals surface area contributed by atoms with Gasteiger partial charge < -0.3 is 29.7 Å². The second-order valence-corrected chi connectivity index (χ2v) is 11.4. The van der Waals surface area contributed by atoms with Crippen molar-refractivity contribution in [2.75, 3.05) is 41.0 Å². The number of aliphatic hydroxyl groups is 1. The Hall–Kier alpha value is -1.71. The number of methoxy groups -OCH3 is 2. The van der Waals surface area contributed by atoms with Gasteiger partial charge in [0.05, 0.1) is 43.2 Å². The molecule has 1 rings (SSSR count). The van der Waals surface area contributed by atoms with Crippen molar-refractivity contribution in [1.29, 1.82) is 0 Å². The van der Waals surface area contributed by atoms with E-state index < -0.39 is 18.1 Å². The number of nitrogens with one attached hydrogen (secondary N) is 1. The number of hydrogen-bond acceptors (Lipinski definition) is 6. The topological polar surface area (TPSA) is 108 Å². The van der Waals surface area contributed by atoms with Crippen molar-refractivity contribution in [3.05, 3.63) is 0 Å². The van der Waals surface area contributed by atoms with Gasteiger partial charge in [-0.25, -0.2) is 0 Å². The fourth-order valence-electron chi connectivity index (χ4n) is 5.24. The van der Waals surface area contributed by atoms with E-state index in [4.69, 9.17) is 14.6 Å². The molecular formula is C27H51N3O6. The number of carbonyl (C=O) groups is 3. The molecule has 0 aromatic heterocycles. The Morgan fingerprint density at radius 2 is 1.81 bits per heavy atom. The quantitative estimate of drug-likeness (QED) is 0.369. The van der Waals surface area contributed by atoms with Crippen LogP contribution in [-0.2, 0) is 23.9 Å². The van der Waals surface area contributed by atoms with E-state index in [-0.39, 0.29) is 60.7 Å². The summed E-state index contributed by atoms with van der Waals surface area (Å²) in [6.45, 7) is 12.7. The number of likely N-dealkylation sites (N-methyl/N-ethyl adjacent to an activating group) is 1. The van der Waals surface area contributed by atoms with Crippen molar-refractivity contribution >= 4 is 17.7 Å². The Kier molecular flexibility index (Phi) is 13.4. The highest BCUT2D eigenvalue weighted by Crippen LogP contribution is 2.30.